The van der Waals surface area contributed by atoms with Crippen molar-refractivity contribution < 1.29 is 14.3 Å². The van der Waals surface area contributed by atoms with Crippen molar-refractivity contribution >= 4 is 27.8 Å². The maximum atomic E-state index is 11.6. The summed E-state index contributed by atoms with van der Waals surface area (Å²) in [5.41, 5.74) is 1.48. The predicted octanol–water partition coefficient (Wildman–Crippen LogP) is 2.69. The minimum absolute atomic E-state index is 0.121. The lowest BCUT2D eigenvalue weighted by Crippen LogP contribution is -2.30. The van der Waals surface area contributed by atoms with Crippen molar-refractivity contribution in [3.05, 3.63) is 33.8 Å². The predicted molar refractivity (Wildman–Crippen MR) is 74.6 cm³/mol. The summed E-state index contributed by atoms with van der Waals surface area (Å²) in [5.74, 6) is -0.761. The Bertz CT molecular complexity index is 419. The molecule has 0 fully saturated rings. The first-order chi connectivity index (χ1) is 8.54. The maximum absolute atomic E-state index is 11.6. The lowest BCUT2D eigenvalue weighted by Gasteiger charge is -2.05. The average Bonchev–Trinajstić information content (AvgIpc) is 2.41. The molecule has 0 saturated carbocycles. The molecule has 4 nitrogen and oxygen atoms in total. The van der Waals surface area contributed by atoms with E-state index in [1.807, 2.05) is 20.8 Å². The molecule has 1 rings (SSSR count). The van der Waals surface area contributed by atoms with Gasteiger partial charge in [-0.15, -0.1) is 0 Å². The summed E-state index contributed by atoms with van der Waals surface area (Å²) >= 11 is 3.35. The molecule has 0 bridgehead atoms. The minimum atomic E-state index is -0.470. The van der Waals surface area contributed by atoms with Crippen molar-refractivity contribution in [1.82, 2.24) is 5.32 Å². The van der Waals surface area contributed by atoms with Crippen molar-refractivity contribution in [3.63, 3.8) is 0 Å². The van der Waals surface area contributed by atoms with Crippen molar-refractivity contribution in [1.29, 1.82) is 0 Å². The van der Waals surface area contributed by atoms with Crippen LogP contribution < -0.4 is 5.32 Å². The van der Waals surface area contributed by atoms with Gasteiger partial charge in [0.15, 0.2) is 0 Å². The number of nitrogens with one attached hydrogen (secondary N) is 1. The summed E-state index contributed by atoms with van der Waals surface area (Å²) in [6.45, 7) is 5.77. The van der Waals surface area contributed by atoms with E-state index in [1.54, 1.807) is 18.2 Å². The quantitative estimate of drug-likeness (QED) is 0.872. The standard InChI is InChI=1S/C11H12BrNO3.C2H6/c1-7-5-8(3-4-9(7)12)11(15)13-6-10(14)16-2;1-2/h3-5H,6H2,1-2H3,(H,13,15);1-2H3. The first kappa shape index (κ1) is 16.6. The highest BCUT2D eigenvalue weighted by Crippen LogP contribution is 2.16. The molecule has 5 heteroatoms. The number of ether oxygens (including phenoxy) is 1. The van der Waals surface area contributed by atoms with Crippen LogP contribution in [-0.2, 0) is 9.53 Å². The summed E-state index contributed by atoms with van der Waals surface area (Å²) in [4.78, 5) is 22.4. The number of amides is 1. The van der Waals surface area contributed by atoms with E-state index in [2.05, 4.69) is 26.0 Å². The topological polar surface area (TPSA) is 55.4 Å². The maximum Gasteiger partial charge on any atom is 0.325 e. The van der Waals surface area contributed by atoms with Crippen LogP contribution in [0.3, 0.4) is 0 Å². The Morgan fingerprint density at radius 2 is 1.94 bits per heavy atom. The molecule has 18 heavy (non-hydrogen) atoms. The normalized spacial score (nSPS) is 8.94. The number of hydrogen-bond acceptors (Lipinski definition) is 3. The zero-order valence-corrected chi connectivity index (χ0v) is 12.6. The first-order valence-electron chi connectivity index (χ1n) is 5.65. The third-order valence-electron chi connectivity index (χ3n) is 2.04. The van der Waals surface area contributed by atoms with Gasteiger partial charge in [0.25, 0.3) is 5.91 Å². The molecular weight excluding hydrogens is 298 g/mol. The smallest absolute Gasteiger partial charge is 0.325 e. The molecule has 0 unspecified atom stereocenters. The number of esters is 1. The van der Waals surface area contributed by atoms with E-state index in [0.717, 1.165) is 10.0 Å². The number of carbonyl (C=O) groups excluding carboxylic acids is 2. The van der Waals surface area contributed by atoms with E-state index in [1.165, 1.54) is 7.11 Å². The molecule has 1 N–H and O–H groups in total. The van der Waals surface area contributed by atoms with E-state index in [4.69, 9.17) is 0 Å². The Kier molecular flexibility index (Phi) is 8.03. The first-order valence-corrected chi connectivity index (χ1v) is 6.45. The Labute approximate surface area is 116 Å². The van der Waals surface area contributed by atoms with Gasteiger partial charge in [-0.25, -0.2) is 0 Å². The summed E-state index contributed by atoms with van der Waals surface area (Å²) in [6, 6.07) is 5.22. The number of hydrogen-bond donors (Lipinski definition) is 1. The zero-order chi connectivity index (χ0) is 14.1. The number of rotatable bonds is 3. The van der Waals surface area contributed by atoms with Gasteiger partial charge in [0.1, 0.15) is 6.54 Å². The van der Waals surface area contributed by atoms with Gasteiger partial charge in [-0.05, 0) is 30.7 Å². The van der Waals surface area contributed by atoms with Crippen LogP contribution in [0.4, 0.5) is 0 Å². The third kappa shape index (κ3) is 5.31. The zero-order valence-electron chi connectivity index (χ0n) is 11.0. The van der Waals surface area contributed by atoms with Crippen molar-refractivity contribution in [2.75, 3.05) is 13.7 Å². The molecular formula is C13H18BrNO3. The number of aryl methyl sites for hydroxylation is 1. The van der Waals surface area contributed by atoms with E-state index < -0.39 is 5.97 Å². The van der Waals surface area contributed by atoms with Crippen LogP contribution in [-0.4, -0.2) is 25.5 Å². The number of halogens is 1. The Hall–Kier alpha value is -1.36. The molecule has 0 aliphatic rings. The second-order valence-corrected chi connectivity index (χ2v) is 4.08. The Morgan fingerprint density at radius 3 is 2.44 bits per heavy atom. The molecule has 0 heterocycles. The molecule has 0 atom stereocenters. The monoisotopic (exact) mass is 315 g/mol. The SMILES string of the molecule is CC.COC(=O)CNC(=O)c1ccc(Br)c(C)c1. The van der Waals surface area contributed by atoms with Crippen LogP contribution in [0.1, 0.15) is 29.8 Å². The van der Waals surface area contributed by atoms with Crippen molar-refractivity contribution in [2.45, 2.75) is 20.8 Å². The van der Waals surface area contributed by atoms with Crippen LogP contribution in [0.15, 0.2) is 22.7 Å². The Balaban J connectivity index is 0.00000137. The molecule has 0 saturated heterocycles. The highest BCUT2D eigenvalue weighted by Gasteiger charge is 2.08. The fraction of sp³-hybridized carbons (Fsp3) is 0.385. The van der Waals surface area contributed by atoms with Crippen LogP contribution in [0, 0.1) is 6.92 Å². The molecule has 0 aliphatic heterocycles. The molecule has 0 aromatic heterocycles. The number of methoxy groups -OCH3 is 1. The fourth-order valence-electron chi connectivity index (χ4n) is 1.11. The number of carbonyl (C=O) groups is 2. The lowest BCUT2D eigenvalue weighted by molar-refractivity contribution is -0.139. The average molecular weight is 316 g/mol. The van der Waals surface area contributed by atoms with Crippen molar-refractivity contribution in [3.8, 4) is 0 Å². The molecule has 1 aromatic rings. The fourth-order valence-corrected chi connectivity index (χ4v) is 1.36. The van der Waals surface area contributed by atoms with Gasteiger partial charge >= 0.3 is 5.97 Å². The minimum Gasteiger partial charge on any atom is -0.468 e. The molecule has 1 aromatic carbocycles. The van der Waals surface area contributed by atoms with Crippen LogP contribution in [0.5, 0.6) is 0 Å². The summed E-state index contributed by atoms with van der Waals surface area (Å²) in [5, 5.41) is 2.47. The van der Waals surface area contributed by atoms with Crippen LogP contribution in [0.2, 0.25) is 0 Å². The van der Waals surface area contributed by atoms with E-state index in [-0.39, 0.29) is 12.5 Å². The van der Waals surface area contributed by atoms with Crippen LogP contribution in [0.25, 0.3) is 0 Å². The van der Waals surface area contributed by atoms with Crippen molar-refractivity contribution in [2.24, 2.45) is 0 Å². The summed E-state index contributed by atoms with van der Waals surface area (Å²) < 4.78 is 5.36. The summed E-state index contributed by atoms with van der Waals surface area (Å²) in [7, 11) is 1.28. The van der Waals surface area contributed by atoms with Gasteiger partial charge in [-0.3, -0.25) is 9.59 Å². The highest BCUT2D eigenvalue weighted by molar-refractivity contribution is 9.10. The highest BCUT2D eigenvalue weighted by atomic mass is 79.9. The lowest BCUT2D eigenvalue weighted by atomic mass is 10.1. The number of benzene rings is 1. The van der Waals surface area contributed by atoms with Gasteiger partial charge in [-0.1, -0.05) is 29.8 Å². The van der Waals surface area contributed by atoms with Gasteiger partial charge < -0.3 is 10.1 Å². The molecule has 1 amide bonds. The van der Waals surface area contributed by atoms with E-state index in [0.29, 0.717) is 5.56 Å². The van der Waals surface area contributed by atoms with E-state index >= 15 is 0 Å². The van der Waals surface area contributed by atoms with Gasteiger partial charge in [0.2, 0.25) is 0 Å². The molecule has 0 aliphatic carbocycles. The third-order valence-corrected chi connectivity index (χ3v) is 2.93. The molecule has 0 spiro atoms. The Morgan fingerprint density at radius 1 is 1.33 bits per heavy atom. The molecule has 0 radical (unpaired) electrons. The largest absolute Gasteiger partial charge is 0.468 e. The second kappa shape index (κ2) is 8.69. The van der Waals surface area contributed by atoms with Crippen LogP contribution >= 0.6 is 15.9 Å². The van der Waals surface area contributed by atoms with Gasteiger partial charge in [0, 0.05) is 10.0 Å². The summed E-state index contributed by atoms with van der Waals surface area (Å²) in [6.07, 6.45) is 0. The van der Waals surface area contributed by atoms with E-state index in [9.17, 15) is 9.59 Å². The van der Waals surface area contributed by atoms with Gasteiger partial charge in [0.05, 0.1) is 7.11 Å². The molecule has 100 valence electrons. The second-order valence-electron chi connectivity index (χ2n) is 3.22. The van der Waals surface area contributed by atoms with Gasteiger partial charge in [-0.2, -0.15) is 0 Å².